The van der Waals surface area contributed by atoms with Crippen LogP contribution in [0.25, 0.3) is 0 Å². The van der Waals surface area contributed by atoms with Crippen molar-refractivity contribution in [1.82, 2.24) is 9.97 Å². The summed E-state index contributed by atoms with van der Waals surface area (Å²) < 4.78 is 5.13. The van der Waals surface area contributed by atoms with Crippen LogP contribution < -0.4 is 4.90 Å². The Hall–Kier alpha value is -2.20. The molecular formula is C11H12N4O3. The van der Waals surface area contributed by atoms with Gasteiger partial charge in [-0.2, -0.15) is 5.26 Å². The van der Waals surface area contributed by atoms with Crippen molar-refractivity contribution in [3.05, 3.63) is 17.6 Å². The summed E-state index contributed by atoms with van der Waals surface area (Å²) in [6, 6.07) is 2.01. The molecule has 94 valence electrons. The monoisotopic (exact) mass is 248 g/mol. The number of hydrogen-bond donors (Lipinski definition) is 1. The molecular weight excluding hydrogens is 236 g/mol. The molecule has 0 saturated carbocycles. The fourth-order valence-electron chi connectivity index (χ4n) is 1.77. The number of carbonyl (C=O) groups is 1. The van der Waals surface area contributed by atoms with Gasteiger partial charge in [0.25, 0.3) is 0 Å². The summed E-state index contributed by atoms with van der Waals surface area (Å²) >= 11 is 0. The molecule has 2 heterocycles. The Morgan fingerprint density at radius 3 is 3.17 bits per heavy atom. The number of nitrogens with zero attached hydrogens (tertiary/aromatic N) is 4. The minimum atomic E-state index is -1.01. The highest BCUT2D eigenvalue weighted by atomic mass is 16.5. The molecule has 18 heavy (non-hydrogen) atoms. The van der Waals surface area contributed by atoms with Crippen molar-refractivity contribution in [2.24, 2.45) is 0 Å². The van der Waals surface area contributed by atoms with Crippen LogP contribution >= 0.6 is 0 Å². The van der Waals surface area contributed by atoms with E-state index in [4.69, 9.17) is 15.1 Å². The quantitative estimate of drug-likeness (QED) is 0.782. The maximum atomic E-state index is 10.9. The van der Waals surface area contributed by atoms with Gasteiger partial charge >= 0.3 is 5.97 Å². The Kier molecular flexibility index (Phi) is 3.39. The van der Waals surface area contributed by atoms with Gasteiger partial charge in [0.15, 0.2) is 6.10 Å². The van der Waals surface area contributed by atoms with Gasteiger partial charge in [-0.05, 0) is 6.92 Å². The maximum absolute atomic E-state index is 10.9. The van der Waals surface area contributed by atoms with Crippen LogP contribution in [-0.2, 0) is 9.53 Å². The number of hydrogen-bond acceptors (Lipinski definition) is 6. The molecule has 0 bridgehead atoms. The summed E-state index contributed by atoms with van der Waals surface area (Å²) in [6.07, 6.45) is 0.559. The molecule has 1 aromatic heterocycles. The minimum Gasteiger partial charge on any atom is -0.479 e. The average molecular weight is 248 g/mol. The Morgan fingerprint density at radius 1 is 1.72 bits per heavy atom. The van der Waals surface area contributed by atoms with Gasteiger partial charge in [0.05, 0.1) is 19.3 Å². The van der Waals surface area contributed by atoms with E-state index >= 15 is 0 Å². The predicted octanol–water partition coefficient (Wildman–Crippen LogP) is -0.0535. The lowest BCUT2D eigenvalue weighted by atomic mass is 10.2. The highest BCUT2D eigenvalue weighted by molar-refractivity contribution is 5.73. The molecule has 1 aromatic rings. The van der Waals surface area contributed by atoms with Crippen molar-refractivity contribution in [2.75, 3.05) is 24.6 Å². The second kappa shape index (κ2) is 4.98. The SMILES string of the molecule is Cc1ncc(C#N)c(N2CCOC(C(=O)O)C2)n1. The van der Waals surface area contributed by atoms with E-state index in [2.05, 4.69) is 9.97 Å². The van der Waals surface area contributed by atoms with E-state index in [1.165, 1.54) is 6.20 Å². The molecule has 0 radical (unpaired) electrons. The van der Waals surface area contributed by atoms with E-state index in [9.17, 15) is 4.79 Å². The number of carboxylic acids is 1. The molecule has 0 aromatic carbocycles. The van der Waals surface area contributed by atoms with Crippen LogP contribution in [0.2, 0.25) is 0 Å². The topological polar surface area (TPSA) is 99.3 Å². The standard InChI is InChI=1S/C11H12N4O3/c1-7-13-5-8(4-12)10(14-7)15-2-3-18-9(6-15)11(16)17/h5,9H,2-3,6H2,1H3,(H,16,17). The van der Waals surface area contributed by atoms with Crippen molar-refractivity contribution in [3.63, 3.8) is 0 Å². The van der Waals surface area contributed by atoms with Crippen molar-refractivity contribution in [2.45, 2.75) is 13.0 Å². The third kappa shape index (κ3) is 2.38. The number of aromatic nitrogens is 2. The van der Waals surface area contributed by atoms with Crippen LogP contribution in [-0.4, -0.2) is 46.8 Å². The van der Waals surface area contributed by atoms with E-state index in [0.29, 0.717) is 30.4 Å². The van der Waals surface area contributed by atoms with E-state index in [-0.39, 0.29) is 6.54 Å². The number of carboxylic acid groups (broad SMARTS) is 1. The molecule has 0 aliphatic carbocycles. The third-order valence-corrected chi connectivity index (χ3v) is 2.65. The second-order valence-electron chi connectivity index (χ2n) is 3.91. The van der Waals surface area contributed by atoms with Gasteiger partial charge in [0.2, 0.25) is 0 Å². The Labute approximate surface area is 104 Å². The zero-order valence-corrected chi connectivity index (χ0v) is 9.83. The molecule has 2 rings (SSSR count). The highest BCUT2D eigenvalue weighted by Gasteiger charge is 2.28. The lowest BCUT2D eigenvalue weighted by Crippen LogP contribution is -2.46. The van der Waals surface area contributed by atoms with Gasteiger partial charge in [-0.25, -0.2) is 14.8 Å². The maximum Gasteiger partial charge on any atom is 0.334 e. The molecule has 1 aliphatic rings. The zero-order chi connectivity index (χ0) is 13.1. The first-order valence-corrected chi connectivity index (χ1v) is 5.45. The molecule has 0 spiro atoms. The van der Waals surface area contributed by atoms with E-state index in [1.807, 2.05) is 6.07 Å². The van der Waals surface area contributed by atoms with Crippen molar-refractivity contribution in [3.8, 4) is 6.07 Å². The van der Waals surface area contributed by atoms with Crippen LogP contribution in [0.15, 0.2) is 6.20 Å². The van der Waals surface area contributed by atoms with Gasteiger partial charge in [-0.15, -0.1) is 0 Å². The Morgan fingerprint density at radius 2 is 2.50 bits per heavy atom. The zero-order valence-electron chi connectivity index (χ0n) is 9.83. The summed E-state index contributed by atoms with van der Waals surface area (Å²) in [7, 11) is 0. The smallest absolute Gasteiger partial charge is 0.334 e. The second-order valence-corrected chi connectivity index (χ2v) is 3.91. The molecule has 0 amide bonds. The van der Waals surface area contributed by atoms with Gasteiger partial charge in [0, 0.05) is 6.54 Å². The Bertz CT molecular complexity index is 512. The van der Waals surface area contributed by atoms with Gasteiger partial charge < -0.3 is 14.7 Å². The molecule has 1 atom stereocenters. The molecule has 1 fully saturated rings. The number of morpholine rings is 1. The molecule has 7 nitrogen and oxygen atoms in total. The lowest BCUT2D eigenvalue weighted by Gasteiger charge is -2.32. The summed E-state index contributed by atoms with van der Waals surface area (Å²) in [5.74, 6) is 0.00547. The molecule has 1 unspecified atom stereocenters. The number of rotatable bonds is 2. The van der Waals surface area contributed by atoms with Crippen LogP contribution in [0.4, 0.5) is 5.82 Å². The minimum absolute atomic E-state index is 0.181. The lowest BCUT2D eigenvalue weighted by molar-refractivity contribution is -0.150. The summed E-state index contributed by atoms with van der Waals surface area (Å²) in [5, 5.41) is 17.9. The van der Waals surface area contributed by atoms with Crippen LogP contribution in [0, 0.1) is 18.3 Å². The fourth-order valence-corrected chi connectivity index (χ4v) is 1.77. The van der Waals surface area contributed by atoms with Crippen molar-refractivity contribution >= 4 is 11.8 Å². The van der Waals surface area contributed by atoms with Crippen LogP contribution in [0.1, 0.15) is 11.4 Å². The first kappa shape index (κ1) is 12.3. The number of ether oxygens (including phenoxy) is 1. The van der Waals surface area contributed by atoms with E-state index in [1.54, 1.807) is 11.8 Å². The summed E-state index contributed by atoms with van der Waals surface area (Å²) in [4.78, 5) is 20.8. The van der Waals surface area contributed by atoms with Gasteiger partial charge in [-0.1, -0.05) is 0 Å². The number of aryl methyl sites for hydroxylation is 1. The van der Waals surface area contributed by atoms with Gasteiger partial charge in [0.1, 0.15) is 23.3 Å². The van der Waals surface area contributed by atoms with Crippen LogP contribution in [0.3, 0.4) is 0 Å². The fraction of sp³-hybridized carbons (Fsp3) is 0.455. The first-order chi connectivity index (χ1) is 8.61. The van der Waals surface area contributed by atoms with E-state index in [0.717, 1.165) is 0 Å². The summed E-state index contributed by atoms with van der Waals surface area (Å²) in [6.45, 7) is 2.71. The summed E-state index contributed by atoms with van der Waals surface area (Å²) in [5.41, 5.74) is 0.339. The third-order valence-electron chi connectivity index (χ3n) is 2.65. The number of nitriles is 1. The molecule has 1 saturated heterocycles. The van der Waals surface area contributed by atoms with Crippen LogP contribution in [0.5, 0.6) is 0 Å². The largest absolute Gasteiger partial charge is 0.479 e. The molecule has 1 N–H and O–H groups in total. The van der Waals surface area contributed by atoms with E-state index < -0.39 is 12.1 Å². The average Bonchev–Trinajstić information content (AvgIpc) is 2.39. The van der Waals surface area contributed by atoms with Crippen molar-refractivity contribution < 1.29 is 14.6 Å². The normalized spacial score (nSPS) is 19.3. The van der Waals surface area contributed by atoms with Crippen molar-refractivity contribution in [1.29, 1.82) is 5.26 Å². The molecule has 1 aliphatic heterocycles. The number of aliphatic carboxylic acids is 1. The first-order valence-electron chi connectivity index (χ1n) is 5.45. The molecule has 7 heteroatoms. The predicted molar refractivity (Wildman–Crippen MR) is 61.1 cm³/mol. The Balaban J connectivity index is 2.28. The highest BCUT2D eigenvalue weighted by Crippen LogP contribution is 2.19. The van der Waals surface area contributed by atoms with Gasteiger partial charge in [-0.3, -0.25) is 0 Å². The number of anilines is 1.